The van der Waals surface area contributed by atoms with E-state index in [2.05, 4.69) is 15.3 Å². The topological polar surface area (TPSA) is 63.8 Å². The number of halogens is 1. The van der Waals surface area contributed by atoms with Crippen molar-refractivity contribution in [3.63, 3.8) is 0 Å². The van der Waals surface area contributed by atoms with Gasteiger partial charge in [-0.25, -0.2) is 4.98 Å². The Morgan fingerprint density at radius 1 is 1.35 bits per heavy atom. The average Bonchev–Trinajstić information content (AvgIpc) is 2.32. The van der Waals surface area contributed by atoms with Crippen molar-refractivity contribution in [2.24, 2.45) is 0 Å². The number of aryl methyl sites for hydroxylation is 1. The quantitative estimate of drug-likeness (QED) is 0.820. The van der Waals surface area contributed by atoms with Crippen LogP contribution in [0.2, 0.25) is 5.15 Å². The Labute approximate surface area is 105 Å². The lowest BCUT2D eigenvalue weighted by atomic mass is 10.1. The van der Waals surface area contributed by atoms with Crippen molar-refractivity contribution < 1.29 is 0 Å². The van der Waals surface area contributed by atoms with E-state index in [0.717, 1.165) is 11.1 Å². The van der Waals surface area contributed by atoms with Gasteiger partial charge in [-0.3, -0.25) is 4.98 Å². The number of nitrogens with zero attached hydrogens (tertiary/aromatic N) is 2. The first-order valence-electron chi connectivity index (χ1n) is 5.22. The molecule has 0 atom stereocenters. The Morgan fingerprint density at radius 3 is 2.94 bits per heavy atom. The van der Waals surface area contributed by atoms with Crippen LogP contribution in [0.3, 0.4) is 0 Å². The van der Waals surface area contributed by atoms with E-state index in [9.17, 15) is 0 Å². The second-order valence-corrected chi connectivity index (χ2v) is 4.11. The van der Waals surface area contributed by atoms with Crippen molar-refractivity contribution in [1.29, 1.82) is 0 Å². The second kappa shape index (κ2) is 5.01. The highest BCUT2D eigenvalue weighted by Crippen LogP contribution is 2.19. The largest absolute Gasteiger partial charge is 0.396 e. The summed E-state index contributed by atoms with van der Waals surface area (Å²) in [7, 11) is 0. The van der Waals surface area contributed by atoms with E-state index >= 15 is 0 Å². The molecule has 88 valence electrons. The molecule has 2 rings (SSSR count). The Kier molecular flexibility index (Phi) is 3.44. The minimum atomic E-state index is 0.424. The van der Waals surface area contributed by atoms with Gasteiger partial charge in [0, 0.05) is 18.9 Å². The number of pyridine rings is 2. The van der Waals surface area contributed by atoms with Crippen molar-refractivity contribution >= 4 is 23.1 Å². The van der Waals surface area contributed by atoms with Gasteiger partial charge < -0.3 is 11.1 Å². The molecule has 0 unspecified atom stereocenters. The Balaban J connectivity index is 2.12. The number of hydrogen-bond acceptors (Lipinski definition) is 4. The number of nitrogens with one attached hydrogen (secondary N) is 1. The molecule has 0 saturated heterocycles. The van der Waals surface area contributed by atoms with E-state index in [1.807, 2.05) is 19.2 Å². The lowest BCUT2D eigenvalue weighted by molar-refractivity contribution is 1.07. The molecule has 4 nitrogen and oxygen atoms in total. The van der Waals surface area contributed by atoms with E-state index in [-0.39, 0.29) is 0 Å². The fourth-order valence-corrected chi connectivity index (χ4v) is 1.61. The number of nitrogen functional groups attached to an aromatic ring is 1. The third kappa shape index (κ3) is 2.85. The van der Waals surface area contributed by atoms with Gasteiger partial charge in [-0.05, 0) is 36.2 Å². The molecule has 0 aliphatic rings. The van der Waals surface area contributed by atoms with Crippen LogP contribution < -0.4 is 11.1 Å². The molecule has 2 aromatic rings. The second-order valence-electron chi connectivity index (χ2n) is 3.73. The van der Waals surface area contributed by atoms with E-state index in [1.54, 1.807) is 18.3 Å². The van der Waals surface area contributed by atoms with Crippen LogP contribution >= 0.6 is 11.6 Å². The zero-order chi connectivity index (χ0) is 12.3. The van der Waals surface area contributed by atoms with Crippen LogP contribution in [0.1, 0.15) is 11.1 Å². The fourth-order valence-electron chi connectivity index (χ4n) is 1.47. The predicted octanol–water partition coefficient (Wildman–Crippen LogP) is 2.63. The smallest absolute Gasteiger partial charge is 0.151 e. The molecule has 0 aliphatic heterocycles. The number of nitrogens with two attached hydrogens (primary N) is 1. The summed E-state index contributed by atoms with van der Waals surface area (Å²) in [6, 6.07) is 5.36. The van der Waals surface area contributed by atoms with Crippen LogP contribution in [0.15, 0.2) is 30.6 Å². The minimum absolute atomic E-state index is 0.424. The first kappa shape index (κ1) is 11.7. The van der Waals surface area contributed by atoms with Crippen LogP contribution in [0.4, 0.5) is 11.5 Å². The third-order valence-corrected chi connectivity index (χ3v) is 2.69. The zero-order valence-corrected chi connectivity index (χ0v) is 10.2. The standard InChI is InChI=1S/C12H13ClN4/c1-8-6-15-5-4-9(8)7-16-12-10(14)2-3-11(13)17-12/h2-6H,7,14H2,1H3,(H,16,17). The van der Waals surface area contributed by atoms with Crippen LogP contribution in [-0.4, -0.2) is 9.97 Å². The third-order valence-electron chi connectivity index (χ3n) is 2.48. The van der Waals surface area contributed by atoms with E-state index in [4.69, 9.17) is 17.3 Å². The number of aromatic nitrogens is 2. The van der Waals surface area contributed by atoms with Gasteiger partial charge in [-0.15, -0.1) is 0 Å². The highest BCUT2D eigenvalue weighted by atomic mass is 35.5. The molecule has 2 aromatic heterocycles. The van der Waals surface area contributed by atoms with Crippen molar-refractivity contribution in [2.75, 3.05) is 11.1 Å². The van der Waals surface area contributed by atoms with E-state index in [0.29, 0.717) is 23.2 Å². The van der Waals surface area contributed by atoms with E-state index < -0.39 is 0 Å². The van der Waals surface area contributed by atoms with Gasteiger partial charge in [-0.1, -0.05) is 11.6 Å². The minimum Gasteiger partial charge on any atom is -0.396 e. The van der Waals surface area contributed by atoms with Gasteiger partial charge in [0.1, 0.15) is 5.15 Å². The summed E-state index contributed by atoms with van der Waals surface area (Å²) in [5, 5.41) is 3.59. The highest BCUT2D eigenvalue weighted by molar-refractivity contribution is 6.29. The number of rotatable bonds is 3. The summed E-state index contributed by atoms with van der Waals surface area (Å²) >= 11 is 5.81. The molecule has 0 spiro atoms. The Bertz CT molecular complexity index is 528. The van der Waals surface area contributed by atoms with Crippen LogP contribution in [0, 0.1) is 6.92 Å². The Morgan fingerprint density at radius 2 is 2.18 bits per heavy atom. The summed E-state index contributed by atoms with van der Waals surface area (Å²) < 4.78 is 0. The predicted molar refractivity (Wildman–Crippen MR) is 70.0 cm³/mol. The maximum absolute atomic E-state index is 5.81. The summed E-state index contributed by atoms with van der Waals surface area (Å²) in [5.74, 6) is 0.605. The fraction of sp³-hybridized carbons (Fsp3) is 0.167. The Hall–Kier alpha value is -1.81. The number of hydrogen-bond donors (Lipinski definition) is 2. The zero-order valence-electron chi connectivity index (χ0n) is 9.44. The van der Waals surface area contributed by atoms with Gasteiger partial charge in [-0.2, -0.15) is 0 Å². The van der Waals surface area contributed by atoms with Crippen LogP contribution in [0.5, 0.6) is 0 Å². The number of anilines is 2. The molecule has 0 aromatic carbocycles. The van der Waals surface area contributed by atoms with Gasteiger partial charge >= 0.3 is 0 Å². The molecule has 5 heteroatoms. The molecular weight excluding hydrogens is 236 g/mol. The summed E-state index contributed by atoms with van der Waals surface area (Å²) in [6.07, 6.45) is 3.59. The average molecular weight is 249 g/mol. The highest BCUT2D eigenvalue weighted by Gasteiger charge is 2.03. The summed E-state index contributed by atoms with van der Waals surface area (Å²) in [5.41, 5.74) is 8.66. The SMILES string of the molecule is Cc1cnccc1CNc1nc(Cl)ccc1N. The van der Waals surface area contributed by atoms with Crippen molar-refractivity contribution in [1.82, 2.24) is 9.97 Å². The van der Waals surface area contributed by atoms with Crippen molar-refractivity contribution in [3.05, 3.63) is 46.9 Å². The molecule has 3 N–H and O–H groups in total. The lowest BCUT2D eigenvalue weighted by Crippen LogP contribution is -2.05. The first-order chi connectivity index (χ1) is 8.16. The van der Waals surface area contributed by atoms with Crippen LogP contribution in [-0.2, 0) is 6.54 Å². The van der Waals surface area contributed by atoms with Crippen molar-refractivity contribution in [2.45, 2.75) is 13.5 Å². The van der Waals surface area contributed by atoms with Crippen molar-refractivity contribution in [3.8, 4) is 0 Å². The monoisotopic (exact) mass is 248 g/mol. The molecule has 0 fully saturated rings. The van der Waals surface area contributed by atoms with E-state index in [1.165, 1.54) is 0 Å². The van der Waals surface area contributed by atoms with Gasteiger partial charge in [0.15, 0.2) is 5.82 Å². The van der Waals surface area contributed by atoms with Gasteiger partial charge in [0.2, 0.25) is 0 Å². The lowest BCUT2D eigenvalue weighted by Gasteiger charge is -2.09. The molecule has 0 amide bonds. The first-order valence-corrected chi connectivity index (χ1v) is 5.60. The summed E-state index contributed by atoms with van der Waals surface area (Å²) in [6.45, 7) is 2.66. The molecule has 0 saturated carbocycles. The molecule has 0 radical (unpaired) electrons. The van der Waals surface area contributed by atoms with Crippen LogP contribution in [0.25, 0.3) is 0 Å². The molecule has 0 aliphatic carbocycles. The van der Waals surface area contributed by atoms with Gasteiger partial charge in [0.05, 0.1) is 5.69 Å². The maximum atomic E-state index is 5.81. The molecular formula is C12H13ClN4. The van der Waals surface area contributed by atoms with Gasteiger partial charge in [0.25, 0.3) is 0 Å². The normalized spacial score (nSPS) is 10.2. The summed E-state index contributed by atoms with van der Waals surface area (Å²) in [4.78, 5) is 8.17. The molecule has 2 heterocycles. The molecule has 0 bridgehead atoms. The maximum Gasteiger partial charge on any atom is 0.151 e. The molecule has 17 heavy (non-hydrogen) atoms.